The van der Waals surface area contributed by atoms with E-state index in [1.807, 2.05) is 0 Å². The Kier molecular flexibility index (Phi) is 6.97. The van der Waals surface area contributed by atoms with Crippen LogP contribution in [-0.4, -0.2) is 24.5 Å². The molecule has 0 unspecified atom stereocenters. The molecule has 1 fully saturated rings. The van der Waals surface area contributed by atoms with Crippen LogP contribution in [0.3, 0.4) is 0 Å². The Bertz CT molecular complexity index is 893. The van der Waals surface area contributed by atoms with Crippen molar-refractivity contribution in [3.8, 4) is 0 Å². The monoisotopic (exact) mass is 419 g/mol. The zero-order chi connectivity index (χ0) is 21.6. The molecule has 1 aliphatic rings. The first kappa shape index (κ1) is 21.7. The molecule has 160 valence electrons. The summed E-state index contributed by atoms with van der Waals surface area (Å²) in [6.07, 6.45) is 0.604. The molecule has 0 heterocycles. The fourth-order valence-electron chi connectivity index (χ4n) is 3.48. The molecule has 0 radical (unpaired) electrons. The highest BCUT2D eigenvalue weighted by Gasteiger charge is 2.27. The van der Waals surface area contributed by atoms with E-state index >= 15 is 0 Å². The Balaban J connectivity index is 1.66. The first-order chi connectivity index (χ1) is 14.3. The molecule has 0 bridgehead atoms. The molecule has 0 aromatic heterocycles. The number of hydrogen-bond donors (Lipinski definition) is 3. The van der Waals surface area contributed by atoms with Gasteiger partial charge in [-0.1, -0.05) is 37.5 Å². The maximum atomic E-state index is 12.6. The van der Waals surface area contributed by atoms with Gasteiger partial charge in [0.15, 0.2) is 0 Å². The van der Waals surface area contributed by atoms with Gasteiger partial charge in [-0.3, -0.25) is 9.59 Å². The third kappa shape index (κ3) is 6.23. The van der Waals surface area contributed by atoms with Crippen molar-refractivity contribution in [2.75, 3.05) is 22.5 Å². The molecule has 2 amide bonds. The molecular weight excluding hydrogens is 395 g/mol. The number of amides is 2. The lowest BCUT2D eigenvalue weighted by Gasteiger charge is -2.20. The van der Waals surface area contributed by atoms with Crippen LogP contribution in [0.5, 0.6) is 0 Å². The molecule has 2 aromatic carbocycles. The van der Waals surface area contributed by atoms with E-state index < -0.39 is 18.6 Å². The molecule has 0 aliphatic heterocycles. The second kappa shape index (κ2) is 9.65. The summed E-state index contributed by atoms with van der Waals surface area (Å²) < 4.78 is 37.5. The van der Waals surface area contributed by atoms with Crippen LogP contribution in [0.2, 0.25) is 0 Å². The van der Waals surface area contributed by atoms with Crippen molar-refractivity contribution < 1.29 is 22.8 Å². The van der Waals surface area contributed by atoms with Gasteiger partial charge in [-0.25, -0.2) is 0 Å². The molecule has 5 nitrogen and oxygen atoms in total. The van der Waals surface area contributed by atoms with E-state index in [9.17, 15) is 22.8 Å². The number of para-hydroxylation sites is 2. The van der Waals surface area contributed by atoms with Crippen LogP contribution >= 0.6 is 0 Å². The van der Waals surface area contributed by atoms with Crippen LogP contribution in [0.4, 0.5) is 30.2 Å². The largest absolute Gasteiger partial charge is 0.405 e. The number of benzene rings is 2. The first-order valence-electron chi connectivity index (χ1n) is 9.94. The molecule has 3 N–H and O–H groups in total. The Morgan fingerprint density at radius 3 is 2.30 bits per heavy atom. The molecule has 1 aliphatic carbocycles. The number of nitrogens with one attached hydrogen (secondary N) is 3. The van der Waals surface area contributed by atoms with Crippen LogP contribution in [0.25, 0.3) is 0 Å². The molecule has 3 rings (SSSR count). The number of carbonyl (C=O) groups is 2. The van der Waals surface area contributed by atoms with Crippen LogP contribution in [-0.2, 0) is 4.79 Å². The highest BCUT2D eigenvalue weighted by atomic mass is 19.4. The number of halogens is 3. The summed E-state index contributed by atoms with van der Waals surface area (Å²) in [7, 11) is 0. The predicted octanol–water partition coefficient (Wildman–Crippen LogP) is 5.43. The van der Waals surface area contributed by atoms with E-state index in [2.05, 4.69) is 16.0 Å². The van der Waals surface area contributed by atoms with Gasteiger partial charge in [0.05, 0.1) is 11.4 Å². The maximum absolute atomic E-state index is 12.6. The Hall–Kier alpha value is -3.03. The normalized spacial score (nSPS) is 14.8. The van der Waals surface area contributed by atoms with Gasteiger partial charge in [0.25, 0.3) is 5.91 Å². The molecule has 0 saturated heterocycles. The number of carbonyl (C=O) groups excluding carboxylic acids is 2. The molecule has 1 saturated carbocycles. The van der Waals surface area contributed by atoms with Gasteiger partial charge in [0, 0.05) is 17.2 Å². The zero-order valence-corrected chi connectivity index (χ0v) is 16.4. The zero-order valence-electron chi connectivity index (χ0n) is 16.4. The number of anilines is 3. The molecular formula is C22H24F3N3O2. The van der Waals surface area contributed by atoms with Gasteiger partial charge < -0.3 is 16.0 Å². The topological polar surface area (TPSA) is 70.2 Å². The summed E-state index contributed by atoms with van der Waals surface area (Å²) in [5.74, 6) is -0.540. The number of rotatable bonds is 6. The van der Waals surface area contributed by atoms with Crippen molar-refractivity contribution >= 4 is 28.9 Å². The molecule has 30 heavy (non-hydrogen) atoms. The van der Waals surface area contributed by atoms with Gasteiger partial charge in [0.2, 0.25) is 5.91 Å². The molecule has 8 heteroatoms. The lowest BCUT2D eigenvalue weighted by molar-refractivity contribution is -0.120. The van der Waals surface area contributed by atoms with Crippen molar-refractivity contribution in [1.29, 1.82) is 0 Å². The van der Waals surface area contributed by atoms with Crippen molar-refractivity contribution in [1.82, 2.24) is 0 Å². The highest BCUT2D eigenvalue weighted by Crippen LogP contribution is 2.26. The van der Waals surface area contributed by atoms with Gasteiger partial charge >= 0.3 is 6.18 Å². The Morgan fingerprint density at radius 1 is 0.900 bits per heavy atom. The predicted molar refractivity (Wildman–Crippen MR) is 111 cm³/mol. The second-order valence-corrected chi connectivity index (χ2v) is 7.37. The molecule has 0 atom stereocenters. The summed E-state index contributed by atoms with van der Waals surface area (Å²) in [6, 6.07) is 12.7. The fourth-order valence-corrected chi connectivity index (χ4v) is 3.48. The lowest BCUT2D eigenvalue weighted by Crippen LogP contribution is -2.25. The fraction of sp³-hybridized carbons (Fsp3) is 0.364. The average Bonchev–Trinajstić information content (AvgIpc) is 2.73. The highest BCUT2D eigenvalue weighted by molar-refractivity contribution is 6.06. The van der Waals surface area contributed by atoms with Crippen LogP contribution in [0.1, 0.15) is 42.5 Å². The summed E-state index contributed by atoms with van der Waals surface area (Å²) >= 11 is 0. The van der Waals surface area contributed by atoms with Crippen molar-refractivity contribution in [2.24, 2.45) is 5.92 Å². The average molecular weight is 419 g/mol. The summed E-state index contributed by atoms with van der Waals surface area (Å²) in [5, 5.41) is 7.78. The standard InChI is InChI=1S/C22H24F3N3O2/c23-22(24,25)14-26-18-11-4-5-12-19(18)28-21(30)16-9-6-10-17(13-16)27-20(29)15-7-2-1-3-8-15/h4-6,9-13,15,26H,1-3,7-8,14H2,(H,27,29)(H,28,30). The van der Waals surface area contributed by atoms with Crippen LogP contribution < -0.4 is 16.0 Å². The second-order valence-electron chi connectivity index (χ2n) is 7.37. The smallest absolute Gasteiger partial charge is 0.375 e. The third-order valence-corrected chi connectivity index (χ3v) is 5.02. The minimum atomic E-state index is -4.37. The Morgan fingerprint density at radius 2 is 1.60 bits per heavy atom. The summed E-state index contributed by atoms with van der Waals surface area (Å²) in [4.78, 5) is 25.1. The molecule has 0 spiro atoms. The van der Waals surface area contributed by atoms with Gasteiger partial charge in [-0.2, -0.15) is 13.2 Å². The van der Waals surface area contributed by atoms with Gasteiger partial charge in [-0.15, -0.1) is 0 Å². The van der Waals surface area contributed by atoms with E-state index in [0.29, 0.717) is 11.3 Å². The number of hydrogen-bond acceptors (Lipinski definition) is 3. The van der Waals surface area contributed by atoms with E-state index in [0.717, 1.165) is 32.1 Å². The minimum Gasteiger partial charge on any atom is -0.375 e. The van der Waals surface area contributed by atoms with Crippen LogP contribution in [0.15, 0.2) is 48.5 Å². The van der Waals surface area contributed by atoms with E-state index in [1.54, 1.807) is 36.4 Å². The van der Waals surface area contributed by atoms with E-state index in [-0.39, 0.29) is 23.2 Å². The Labute approximate surface area is 173 Å². The third-order valence-electron chi connectivity index (χ3n) is 5.02. The first-order valence-corrected chi connectivity index (χ1v) is 9.94. The van der Waals surface area contributed by atoms with Gasteiger partial charge in [-0.05, 0) is 43.2 Å². The van der Waals surface area contributed by atoms with Crippen molar-refractivity contribution in [2.45, 2.75) is 38.3 Å². The minimum absolute atomic E-state index is 0.0113. The van der Waals surface area contributed by atoms with Crippen LogP contribution in [0, 0.1) is 5.92 Å². The van der Waals surface area contributed by atoms with E-state index in [1.165, 1.54) is 12.1 Å². The molecule has 2 aromatic rings. The quantitative estimate of drug-likeness (QED) is 0.585. The van der Waals surface area contributed by atoms with Crippen molar-refractivity contribution in [3.05, 3.63) is 54.1 Å². The summed E-state index contributed by atoms with van der Waals surface area (Å²) in [5.41, 5.74) is 1.22. The van der Waals surface area contributed by atoms with Crippen molar-refractivity contribution in [3.63, 3.8) is 0 Å². The summed E-state index contributed by atoms with van der Waals surface area (Å²) in [6.45, 7) is -1.21. The SMILES string of the molecule is O=C(Nc1ccccc1NCC(F)(F)F)c1cccc(NC(=O)C2CCCCC2)c1. The van der Waals surface area contributed by atoms with E-state index in [4.69, 9.17) is 0 Å². The lowest BCUT2D eigenvalue weighted by atomic mass is 9.88. The number of alkyl halides is 3. The van der Waals surface area contributed by atoms with Gasteiger partial charge in [0.1, 0.15) is 6.54 Å². The maximum Gasteiger partial charge on any atom is 0.405 e.